The highest BCUT2D eigenvalue weighted by Gasteiger charge is 2.28. The smallest absolute Gasteiger partial charge is 0.282 e. The van der Waals surface area contributed by atoms with Crippen LogP contribution < -0.4 is 0 Å². The number of benzene rings is 4. The van der Waals surface area contributed by atoms with E-state index in [-0.39, 0.29) is 38.9 Å². The molecule has 0 fully saturated rings. The fraction of sp³-hybridized carbons (Fsp3) is 0.0526. The Morgan fingerprint density at radius 1 is 0.677 bits per heavy atom. The molecule has 4 rings (SSSR count). The maximum absolute atomic E-state index is 12.1. The summed E-state index contributed by atoms with van der Waals surface area (Å²) in [5.41, 5.74) is 0.276. The highest BCUT2D eigenvalue weighted by atomic mass is 32.2. The largest absolute Gasteiger partial charge is 0.295 e. The molecule has 0 aliphatic carbocycles. The van der Waals surface area contributed by atoms with Crippen LogP contribution in [0.3, 0.4) is 0 Å². The molecule has 9 nitrogen and oxygen atoms in total. The van der Waals surface area contributed by atoms with Gasteiger partial charge in [-0.15, -0.1) is 6.58 Å². The predicted molar refractivity (Wildman–Crippen MR) is 113 cm³/mol. The zero-order valence-corrected chi connectivity index (χ0v) is 17.9. The van der Waals surface area contributed by atoms with E-state index in [2.05, 4.69) is 6.58 Å². The molecular formula is C19H14O9S3. The number of allylic oxidation sites excluding steroid dienone is 1. The van der Waals surface area contributed by atoms with E-state index in [0.717, 1.165) is 0 Å². The number of hydrogen-bond donors (Lipinski definition) is 3. The summed E-state index contributed by atoms with van der Waals surface area (Å²) in [6.45, 7) is 3.60. The van der Waals surface area contributed by atoms with Crippen molar-refractivity contribution in [3.8, 4) is 0 Å². The fourth-order valence-electron chi connectivity index (χ4n) is 3.95. The lowest BCUT2D eigenvalue weighted by molar-refractivity contribution is 0.480. The molecule has 0 radical (unpaired) electrons. The van der Waals surface area contributed by atoms with Crippen molar-refractivity contribution in [2.75, 3.05) is 0 Å². The van der Waals surface area contributed by atoms with Gasteiger partial charge in [-0.3, -0.25) is 13.7 Å². The molecule has 0 bridgehead atoms. The lowest BCUT2D eigenvalue weighted by Gasteiger charge is -2.19. The van der Waals surface area contributed by atoms with E-state index in [0.29, 0.717) is 11.5 Å². The Hall–Kier alpha value is -2.61. The summed E-state index contributed by atoms with van der Waals surface area (Å²) < 4.78 is 101. The summed E-state index contributed by atoms with van der Waals surface area (Å²) in [5.74, 6) is 0. The highest BCUT2D eigenvalue weighted by molar-refractivity contribution is 7.87. The molecule has 3 N–H and O–H groups in total. The normalized spacial score (nSPS) is 13.4. The average Bonchev–Trinajstić information content (AvgIpc) is 2.63. The van der Waals surface area contributed by atoms with Gasteiger partial charge >= 0.3 is 0 Å². The Bertz CT molecular complexity index is 1730. The second kappa shape index (κ2) is 6.69. The van der Waals surface area contributed by atoms with Crippen molar-refractivity contribution < 1.29 is 38.9 Å². The molecule has 0 spiro atoms. The van der Waals surface area contributed by atoms with Crippen molar-refractivity contribution in [2.45, 2.75) is 21.1 Å². The van der Waals surface area contributed by atoms with Crippen molar-refractivity contribution in [1.29, 1.82) is 0 Å². The van der Waals surface area contributed by atoms with Crippen molar-refractivity contribution in [3.63, 3.8) is 0 Å². The fourth-order valence-corrected chi connectivity index (χ4v) is 6.17. The van der Waals surface area contributed by atoms with Gasteiger partial charge in [-0.25, -0.2) is 0 Å². The second-order valence-corrected chi connectivity index (χ2v) is 11.1. The van der Waals surface area contributed by atoms with Crippen LogP contribution in [0.4, 0.5) is 0 Å². The first kappa shape index (κ1) is 21.6. The summed E-state index contributed by atoms with van der Waals surface area (Å²) >= 11 is 0. The molecule has 0 saturated heterocycles. The standard InChI is InChI=1S/C19H14O9S3/c1-2-3-11-8-13-16(31(26,27)28)9-15(30(23,24)25)12-6-4-10-5-7-14(29(20,21)22)17(11)18(10)19(12)13/h2,4-9H,1,3H2,(H,20,21,22)(H,23,24,25)(H,26,27,28). The zero-order valence-electron chi connectivity index (χ0n) is 15.5. The van der Waals surface area contributed by atoms with Crippen LogP contribution in [0.2, 0.25) is 0 Å². The minimum Gasteiger partial charge on any atom is -0.282 e. The van der Waals surface area contributed by atoms with E-state index in [1.165, 1.54) is 36.4 Å². The van der Waals surface area contributed by atoms with Crippen LogP contribution in [0, 0.1) is 0 Å². The van der Waals surface area contributed by atoms with E-state index in [1.54, 1.807) is 0 Å². The Morgan fingerprint density at radius 2 is 1.23 bits per heavy atom. The minimum atomic E-state index is -4.95. The van der Waals surface area contributed by atoms with E-state index in [1.807, 2.05) is 0 Å². The van der Waals surface area contributed by atoms with Gasteiger partial charge in [0.15, 0.2) is 0 Å². The van der Waals surface area contributed by atoms with Gasteiger partial charge in [0, 0.05) is 21.5 Å². The van der Waals surface area contributed by atoms with E-state index in [4.69, 9.17) is 0 Å². The molecular weight excluding hydrogens is 468 g/mol. The van der Waals surface area contributed by atoms with E-state index >= 15 is 0 Å². The van der Waals surface area contributed by atoms with Crippen LogP contribution in [0.15, 0.2) is 63.7 Å². The SMILES string of the molecule is C=CCc1cc2c(S(=O)(=O)O)cc(S(=O)(=O)O)c3ccc4ccc(S(=O)(=O)O)c1c4c32. The third-order valence-corrected chi connectivity index (χ3v) is 7.73. The van der Waals surface area contributed by atoms with Gasteiger partial charge in [0.25, 0.3) is 30.4 Å². The lowest BCUT2D eigenvalue weighted by atomic mass is 9.90. The molecule has 0 aromatic heterocycles. The van der Waals surface area contributed by atoms with Crippen molar-refractivity contribution in [3.05, 3.63) is 54.6 Å². The molecule has 0 aliphatic heterocycles. The second-order valence-electron chi connectivity index (χ2n) is 6.90. The van der Waals surface area contributed by atoms with Gasteiger partial charge in [-0.05, 0) is 41.0 Å². The Morgan fingerprint density at radius 3 is 1.77 bits per heavy atom. The Kier molecular flexibility index (Phi) is 4.67. The van der Waals surface area contributed by atoms with Gasteiger partial charge in [-0.1, -0.05) is 24.3 Å². The van der Waals surface area contributed by atoms with Crippen LogP contribution in [0.25, 0.3) is 32.3 Å². The van der Waals surface area contributed by atoms with Gasteiger partial charge in [-0.2, -0.15) is 25.3 Å². The lowest BCUT2D eigenvalue weighted by Crippen LogP contribution is -2.07. The zero-order chi connectivity index (χ0) is 22.9. The molecule has 0 atom stereocenters. The third kappa shape index (κ3) is 3.37. The monoisotopic (exact) mass is 482 g/mol. The Labute approximate surface area is 177 Å². The molecule has 4 aromatic rings. The summed E-state index contributed by atoms with van der Waals surface area (Å²) in [7, 11) is -14.6. The molecule has 0 heterocycles. The Balaban J connectivity index is 2.48. The third-order valence-electron chi connectivity index (χ3n) is 5.05. The van der Waals surface area contributed by atoms with Crippen LogP contribution in [-0.4, -0.2) is 38.9 Å². The van der Waals surface area contributed by atoms with Crippen LogP contribution in [0.5, 0.6) is 0 Å². The van der Waals surface area contributed by atoms with Crippen LogP contribution >= 0.6 is 0 Å². The molecule has 0 amide bonds. The van der Waals surface area contributed by atoms with Gasteiger partial charge in [0.1, 0.15) is 14.7 Å². The maximum Gasteiger partial charge on any atom is 0.295 e. The molecule has 4 aromatic carbocycles. The average molecular weight is 483 g/mol. The quantitative estimate of drug-likeness (QED) is 0.220. The molecule has 0 unspecified atom stereocenters. The van der Waals surface area contributed by atoms with Crippen LogP contribution in [0.1, 0.15) is 5.56 Å². The summed E-state index contributed by atoms with van der Waals surface area (Å²) in [6.07, 6.45) is 1.51. The molecule has 12 heteroatoms. The highest BCUT2D eigenvalue weighted by Crippen LogP contribution is 2.43. The predicted octanol–water partition coefficient (Wildman–Crippen LogP) is 3.05. The van der Waals surface area contributed by atoms with Gasteiger partial charge in [0.05, 0.1) is 0 Å². The molecule has 162 valence electrons. The maximum atomic E-state index is 12.1. The van der Waals surface area contributed by atoms with Crippen molar-refractivity contribution >= 4 is 62.7 Å². The summed E-state index contributed by atoms with van der Waals surface area (Å²) in [6, 6.07) is 7.29. The topological polar surface area (TPSA) is 163 Å². The van der Waals surface area contributed by atoms with E-state index in [9.17, 15) is 38.9 Å². The summed E-state index contributed by atoms with van der Waals surface area (Å²) in [5, 5.41) is 0.449. The molecule has 0 aliphatic rings. The van der Waals surface area contributed by atoms with Crippen molar-refractivity contribution in [1.82, 2.24) is 0 Å². The first-order chi connectivity index (χ1) is 14.2. The number of rotatable bonds is 5. The van der Waals surface area contributed by atoms with E-state index < -0.39 is 45.0 Å². The van der Waals surface area contributed by atoms with Crippen molar-refractivity contribution in [2.24, 2.45) is 0 Å². The van der Waals surface area contributed by atoms with Gasteiger partial charge in [0.2, 0.25) is 0 Å². The number of hydrogen-bond acceptors (Lipinski definition) is 6. The van der Waals surface area contributed by atoms with Gasteiger partial charge < -0.3 is 0 Å². The molecule has 0 saturated carbocycles. The summed E-state index contributed by atoms with van der Waals surface area (Å²) in [4.78, 5) is -2.01. The minimum absolute atomic E-state index is 0.00596. The first-order valence-electron chi connectivity index (χ1n) is 8.56. The molecule has 31 heavy (non-hydrogen) atoms. The first-order valence-corrected chi connectivity index (χ1v) is 12.9. The van der Waals surface area contributed by atoms with Crippen LogP contribution in [-0.2, 0) is 36.8 Å².